The number of rotatable bonds is 6. The van der Waals surface area contributed by atoms with Gasteiger partial charge >= 0.3 is 0 Å². The number of anilines is 1. The minimum atomic E-state index is -0.0315. The Kier molecular flexibility index (Phi) is 5.38. The molecule has 0 bridgehead atoms. The number of nitrogens with one attached hydrogen (secondary N) is 2. The largest absolute Gasteiger partial charge is 0.376 e. The van der Waals surface area contributed by atoms with E-state index in [1.807, 2.05) is 17.2 Å². The summed E-state index contributed by atoms with van der Waals surface area (Å²) in [5.74, 6) is 0.772. The Labute approximate surface area is 159 Å². The Hall–Kier alpha value is -2.41. The first kappa shape index (κ1) is 18.0. The van der Waals surface area contributed by atoms with Crippen molar-refractivity contribution in [2.75, 3.05) is 18.5 Å². The number of ether oxygens (including phenoxy) is 1. The summed E-state index contributed by atoms with van der Waals surface area (Å²) < 4.78 is 6.09. The number of amides is 1. The fourth-order valence-electron chi connectivity index (χ4n) is 4.19. The van der Waals surface area contributed by atoms with Gasteiger partial charge < -0.3 is 19.9 Å². The third-order valence-corrected chi connectivity index (χ3v) is 5.69. The maximum atomic E-state index is 12.4. The molecular formula is C20H27N5O2. The van der Waals surface area contributed by atoms with E-state index in [2.05, 4.69) is 26.8 Å². The normalized spacial score (nSPS) is 23.6. The van der Waals surface area contributed by atoms with Crippen LogP contribution in [0.3, 0.4) is 0 Å². The van der Waals surface area contributed by atoms with E-state index in [1.54, 1.807) is 6.33 Å². The SMILES string of the molecule is C=CC(=O)N1C[C@@H](Nc2ncnc3[nH]ccc23)CC[C@H]1COC1CCCC1. The second-order valence-electron chi connectivity index (χ2n) is 7.47. The first-order valence-corrected chi connectivity index (χ1v) is 9.84. The highest BCUT2D eigenvalue weighted by atomic mass is 16.5. The molecule has 2 aliphatic rings. The van der Waals surface area contributed by atoms with Crippen molar-refractivity contribution >= 4 is 22.8 Å². The van der Waals surface area contributed by atoms with E-state index in [0.29, 0.717) is 19.3 Å². The number of likely N-dealkylation sites (tertiary alicyclic amines) is 1. The van der Waals surface area contributed by atoms with Crippen molar-refractivity contribution in [3.8, 4) is 0 Å². The van der Waals surface area contributed by atoms with Gasteiger partial charge in [-0.1, -0.05) is 19.4 Å². The third-order valence-electron chi connectivity index (χ3n) is 5.69. The van der Waals surface area contributed by atoms with Crippen LogP contribution in [-0.2, 0) is 9.53 Å². The van der Waals surface area contributed by atoms with Crippen molar-refractivity contribution in [1.82, 2.24) is 19.9 Å². The lowest BCUT2D eigenvalue weighted by Crippen LogP contribution is -2.52. The number of H-pyrrole nitrogens is 1. The molecule has 7 nitrogen and oxygen atoms in total. The molecule has 1 saturated heterocycles. The Morgan fingerprint density at radius 3 is 3.00 bits per heavy atom. The second kappa shape index (κ2) is 8.08. The van der Waals surface area contributed by atoms with E-state index < -0.39 is 0 Å². The minimum absolute atomic E-state index is 0.0315. The molecule has 1 amide bonds. The molecule has 2 aromatic rings. The molecule has 2 fully saturated rings. The standard InChI is InChI=1S/C20H27N5O2/c1-2-18(26)25-11-14(7-8-15(25)12-27-16-5-3-4-6-16)24-20-17-9-10-21-19(17)22-13-23-20/h2,9-10,13-16H,1,3-8,11-12H2,(H2,21,22,23,24)/t14-,15-/m0/s1. The van der Waals surface area contributed by atoms with Crippen LogP contribution in [0.4, 0.5) is 5.82 Å². The summed E-state index contributed by atoms with van der Waals surface area (Å²) in [7, 11) is 0. The smallest absolute Gasteiger partial charge is 0.246 e. The van der Waals surface area contributed by atoms with Crippen LogP contribution in [-0.4, -0.2) is 57.1 Å². The zero-order valence-electron chi connectivity index (χ0n) is 15.6. The van der Waals surface area contributed by atoms with Gasteiger partial charge in [0, 0.05) is 18.8 Å². The van der Waals surface area contributed by atoms with Crippen molar-refractivity contribution < 1.29 is 9.53 Å². The lowest BCUT2D eigenvalue weighted by Gasteiger charge is -2.40. The Balaban J connectivity index is 1.42. The highest BCUT2D eigenvalue weighted by molar-refractivity contribution is 5.88. The average Bonchev–Trinajstić information content (AvgIpc) is 3.38. The molecule has 7 heteroatoms. The Bertz CT molecular complexity index is 799. The second-order valence-corrected chi connectivity index (χ2v) is 7.47. The molecule has 4 rings (SSSR count). The molecule has 1 aliphatic heterocycles. The van der Waals surface area contributed by atoms with Gasteiger partial charge in [0.15, 0.2) is 0 Å². The summed E-state index contributed by atoms with van der Waals surface area (Å²) in [4.78, 5) is 26.0. The van der Waals surface area contributed by atoms with E-state index >= 15 is 0 Å². The molecule has 0 unspecified atom stereocenters. The first-order chi connectivity index (χ1) is 13.2. The van der Waals surface area contributed by atoms with E-state index in [0.717, 1.165) is 42.5 Å². The predicted octanol–water partition coefficient (Wildman–Crippen LogP) is 2.87. The lowest BCUT2D eigenvalue weighted by atomic mass is 9.98. The molecule has 2 atom stereocenters. The van der Waals surface area contributed by atoms with Crippen LogP contribution < -0.4 is 5.32 Å². The van der Waals surface area contributed by atoms with Gasteiger partial charge in [-0.25, -0.2) is 9.97 Å². The van der Waals surface area contributed by atoms with Crippen molar-refractivity contribution in [2.45, 2.75) is 56.7 Å². The molecule has 0 aromatic carbocycles. The fraction of sp³-hybridized carbons (Fsp3) is 0.550. The van der Waals surface area contributed by atoms with Gasteiger partial charge in [0.05, 0.1) is 24.1 Å². The van der Waals surface area contributed by atoms with Gasteiger partial charge in [0.2, 0.25) is 5.91 Å². The number of aromatic nitrogens is 3. The van der Waals surface area contributed by atoms with Gasteiger partial charge in [-0.15, -0.1) is 0 Å². The fourth-order valence-corrected chi connectivity index (χ4v) is 4.19. The highest BCUT2D eigenvalue weighted by Crippen LogP contribution is 2.26. The molecule has 2 aromatic heterocycles. The zero-order chi connectivity index (χ0) is 18.6. The number of nitrogens with zero attached hydrogens (tertiary/aromatic N) is 3. The minimum Gasteiger partial charge on any atom is -0.376 e. The number of hydrogen-bond donors (Lipinski definition) is 2. The van der Waals surface area contributed by atoms with Crippen molar-refractivity contribution in [2.24, 2.45) is 0 Å². The predicted molar refractivity (Wildman–Crippen MR) is 104 cm³/mol. The summed E-state index contributed by atoms with van der Waals surface area (Å²) in [6.45, 7) is 4.92. The number of hydrogen-bond acceptors (Lipinski definition) is 5. The van der Waals surface area contributed by atoms with E-state index in [1.165, 1.54) is 18.9 Å². The van der Waals surface area contributed by atoms with Gasteiger partial charge in [0.1, 0.15) is 17.8 Å². The van der Waals surface area contributed by atoms with Crippen LogP contribution in [0.5, 0.6) is 0 Å². The average molecular weight is 369 g/mol. The number of carbonyl (C=O) groups excluding carboxylic acids is 1. The van der Waals surface area contributed by atoms with Crippen molar-refractivity contribution in [3.63, 3.8) is 0 Å². The molecule has 3 heterocycles. The summed E-state index contributed by atoms with van der Waals surface area (Å²) in [5.41, 5.74) is 0.810. The Morgan fingerprint density at radius 1 is 1.33 bits per heavy atom. The van der Waals surface area contributed by atoms with Crippen LogP contribution in [0.15, 0.2) is 31.2 Å². The summed E-state index contributed by atoms with van der Waals surface area (Å²) in [6.07, 6.45) is 11.8. The van der Waals surface area contributed by atoms with Crippen molar-refractivity contribution in [1.29, 1.82) is 0 Å². The summed E-state index contributed by atoms with van der Waals surface area (Å²) in [6, 6.07) is 2.22. The van der Waals surface area contributed by atoms with Gasteiger partial charge in [-0.05, 0) is 37.8 Å². The molecule has 0 radical (unpaired) electrons. The quantitative estimate of drug-likeness (QED) is 0.765. The van der Waals surface area contributed by atoms with Crippen LogP contribution in [0, 0.1) is 0 Å². The molecule has 144 valence electrons. The third kappa shape index (κ3) is 3.98. The molecule has 27 heavy (non-hydrogen) atoms. The number of piperidine rings is 1. The number of fused-ring (bicyclic) bond motifs is 1. The molecule has 2 N–H and O–H groups in total. The molecule has 1 aliphatic carbocycles. The van der Waals surface area contributed by atoms with Crippen molar-refractivity contribution in [3.05, 3.63) is 31.2 Å². The molecule has 1 saturated carbocycles. The van der Waals surface area contributed by atoms with Gasteiger partial charge in [-0.3, -0.25) is 4.79 Å². The van der Waals surface area contributed by atoms with Crippen LogP contribution in [0.25, 0.3) is 11.0 Å². The van der Waals surface area contributed by atoms with E-state index in [9.17, 15) is 4.79 Å². The van der Waals surface area contributed by atoms with Gasteiger partial charge in [-0.2, -0.15) is 0 Å². The maximum Gasteiger partial charge on any atom is 0.246 e. The number of carbonyl (C=O) groups is 1. The van der Waals surface area contributed by atoms with Gasteiger partial charge in [0.25, 0.3) is 0 Å². The number of aromatic amines is 1. The maximum absolute atomic E-state index is 12.4. The summed E-state index contributed by atoms with van der Waals surface area (Å²) >= 11 is 0. The van der Waals surface area contributed by atoms with Crippen LogP contribution >= 0.6 is 0 Å². The highest BCUT2D eigenvalue weighted by Gasteiger charge is 2.32. The van der Waals surface area contributed by atoms with Crippen LogP contribution in [0.1, 0.15) is 38.5 Å². The zero-order valence-corrected chi connectivity index (χ0v) is 15.6. The first-order valence-electron chi connectivity index (χ1n) is 9.84. The Morgan fingerprint density at radius 2 is 2.19 bits per heavy atom. The van der Waals surface area contributed by atoms with Crippen LogP contribution in [0.2, 0.25) is 0 Å². The monoisotopic (exact) mass is 369 g/mol. The summed E-state index contributed by atoms with van der Waals surface area (Å²) in [5, 5.41) is 4.46. The van der Waals surface area contributed by atoms with E-state index in [4.69, 9.17) is 4.74 Å². The topological polar surface area (TPSA) is 83.1 Å². The van der Waals surface area contributed by atoms with E-state index in [-0.39, 0.29) is 18.0 Å². The lowest BCUT2D eigenvalue weighted by molar-refractivity contribution is -0.132. The molecular weight excluding hydrogens is 342 g/mol. The molecule has 0 spiro atoms.